The Morgan fingerprint density at radius 2 is 2.03 bits per heavy atom. The number of ether oxygens (including phenoxy) is 1. The van der Waals surface area contributed by atoms with Crippen LogP contribution in [0.15, 0.2) is 65.7 Å². The number of carbonyl (C=O) groups excluding carboxylic acids is 1. The number of nitrogens with zero attached hydrogens (tertiary/aromatic N) is 2. The minimum absolute atomic E-state index is 0.00171. The van der Waals surface area contributed by atoms with Crippen LogP contribution >= 0.6 is 0 Å². The molecule has 4 nitrogen and oxygen atoms in total. The summed E-state index contributed by atoms with van der Waals surface area (Å²) in [5.74, 6) is -0.451. The molecule has 0 bridgehead atoms. The quantitative estimate of drug-likeness (QED) is 0.627. The molecule has 0 radical (unpaired) electrons. The van der Waals surface area contributed by atoms with E-state index in [4.69, 9.17) is 4.74 Å². The van der Waals surface area contributed by atoms with Crippen LogP contribution in [0, 0.1) is 5.82 Å². The van der Waals surface area contributed by atoms with Gasteiger partial charge in [-0.2, -0.15) is 0 Å². The number of benzene rings is 2. The van der Waals surface area contributed by atoms with Crippen molar-refractivity contribution in [3.8, 4) is 11.1 Å². The van der Waals surface area contributed by atoms with Crippen LogP contribution in [-0.4, -0.2) is 42.8 Å². The third-order valence-electron chi connectivity index (χ3n) is 5.04. The molecule has 0 unspecified atom stereocenters. The second-order valence-electron chi connectivity index (χ2n) is 7.44. The lowest BCUT2D eigenvalue weighted by molar-refractivity contribution is 0.00364. The first-order valence-electron chi connectivity index (χ1n) is 10.1. The SMILES string of the molecule is C=C(C)/C=N\C(=C/C)c1ccc(-c2ccccc2C(=O)N2CCOC[C@H]2C)cc1F. The first-order chi connectivity index (χ1) is 14.4. The molecule has 2 aromatic rings. The zero-order chi connectivity index (χ0) is 21.7. The second kappa shape index (κ2) is 9.63. The molecule has 0 spiro atoms. The maximum Gasteiger partial charge on any atom is 0.254 e. The van der Waals surface area contributed by atoms with Crippen molar-refractivity contribution in [1.82, 2.24) is 4.90 Å². The molecule has 0 N–H and O–H groups in total. The van der Waals surface area contributed by atoms with Gasteiger partial charge in [-0.1, -0.05) is 36.9 Å². The molecule has 156 valence electrons. The van der Waals surface area contributed by atoms with E-state index in [1.54, 1.807) is 24.4 Å². The molecule has 1 amide bonds. The van der Waals surface area contributed by atoms with Crippen molar-refractivity contribution >= 4 is 17.8 Å². The normalized spacial score (nSPS) is 17.4. The van der Waals surface area contributed by atoms with Gasteiger partial charge in [0.05, 0.1) is 25.0 Å². The van der Waals surface area contributed by atoms with Gasteiger partial charge in [-0.15, -0.1) is 0 Å². The Kier molecular flexibility index (Phi) is 6.95. The summed E-state index contributed by atoms with van der Waals surface area (Å²) in [4.78, 5) is 19.3. The topological polar surface area (TPSA) is 41.9 Å². The smallest absolute Gasteiger partial charge is 0.254 e. The van der Waals surface area contributed by atoms with Crippen LogP contribution in [0.2, 0.25) is 0 Å². The molecular formula is C25H27FN2O2. The average Bonchev–Trinajstić information content (AvgIpc) is 2.74. The fourth-order valence-electron chi connectivity index (χ4n) is 3.47. The molecule has 0 aliphatic carbocycles. The van der Waals surface area contributed by atoms with Crippen molar-refractivity contribution in [2.75, 3.05) is 19.8 Å². The number of allylic oxidation sites excluding steroid dienone is 2. The van der Waals surface area contributed by atoms with Gasteiger partial charge in [0.15, 0.2) is 0 Å². The van der Waals surface area contributed by atoms with Gasteiger partial charge in [0.25, 0.3) is 5.91 Å². The summed E-state index contributed by atoms with van der Waals surface area (Å²) in [6, 6.07) is 12.3. The number of carbonyl (C=O) groups is 1. The summed E-state index contributed by atoms with van der Waals surface area (Å²) in [6.45, 7) is 11.0. The second-order valence-corrected chi connectivity index (χ2v) is 7.44. The molecule has 1 heterocycles. The van der Waals surface area contributed by atoms with Gasteiger partial charge in [0.2, 0.25) is 0 Å². The lowest BCUT2D eigenvalue weighted by Crippen LogP contribution is -2.47. The van der Waals surface area contributed by atoms with Crippen LogP contribution in [0.25, 0.3) is 16.8 Å². The van der Waals surface area contributed by atoms with Crippen molar-refractivity contribution in [2.45, 2.75) is 26.8 Å². The highest BCUT2D eigenvalue weighted by molar-refractivity contribution is 6.01. The maximum absolute atomic E-state index is 15.0. The Morgan fingerprint density at radius 3 is 2.70 bits per heavy atom. The molecule has 5 heteroatoms. The lowest BCUT2D eigenvalue weighted by atomic mass is 9.96. The van der Waals surface area contributed by atoms with E-state index in [-0.39, 0.29) is 17.8 Å². The van der Waals surface area contributed by atoms with Crippen LogP contribution < -0.4 is 0 Å². The van der Waals surface area contributed by atoms with E-state index in [2.05, 4.69) is 11.6 Å². The fourth-order valence-corrected chi connectivity index (χ4v) is 3.47. The molecule has 30 heavy (non-hydrogen) atoms. The molecule has 1 saturated heterocycles. The minimum atomic E-state index is -0.388. The van der Waals surface area contributed by atoms with E-state index >= 15 is 0 Å². The van der Waals surface area contributed by atoms with E-state index < -0.39 is 0 Å². The number of morpholine rings is 1. The summed E-state index contributed by atoms with van der Waals surface area (Å²) >= 11 is 0. The lowest BCUT2D eigenvalue weighted by Gasteiger charge is -2.33. The number of halogens is 1. The minimum Gasteiger partial charge on any atom is -0.377 e. The molecule has 1 fully saturated rings. The van der Waals surface area contributed by atoms with Crippen molar-refractivity contribution in [3.05, 3.63) is 77.6 Å². The summed E-state index contributed by atoms with van der Waals surface area (Å²) < 4.78 is 20.4. The van der Waals surface area contributed by atoms with Crippen LogP contribution in [0.1, 0.15) is 36.7 Å². The highest BCUT2D eigenvalue weighted by Crippen LogP contribution is 2.29. The van der Waals surface area contributed by atoms with Gasteiger partial charge in [0, 0.05) is 23.9 Å². The van der Waals surface area contributed by atoms with Crippen LogP contribution in [0.3, 0.4) is 0 Å². The van der Waals surface area contributed by atoms with Gasteiger partial charge in [-0.25, -0.2) is 4.39 Å². The monoisotopic (exact) mass is 406 g/mol. The van der Waals surface area contributed by atoms with Crippen LogP contribution in [0.5, 0.6) is 0 Å². The van der Waals surface area contributed by atoms with Gasteiger partial charge >= 0.3 is 0 Å². The standard InChI is InChI=1S/C25H27FN2O2/c1-5-24(27-15-17(2)3)22-11-10-19(14-23(22)26)20-8-6-7-9-21(20)25(29)28-12-13-30-16-18(28)4/h5-11,14-15,18H,2,12-13,16H2,1,3-4H3/b24-5-,27-15-/t18-/m1/s1. The molecule has 0 aromatic heterocycles. The van der Waals surface area contributed by atoms with E-state index in [1.807, 2.05) is 49.9 Å². The third kappa shape index (κ3) is 4.74. The molecular weight excluding hydrogens is 379 g/mol. The molecule has 0 saturated carbocycles. The Labute approximate surface area is 177 Å². The summed E-state index contributed by atoms with van der Waals surface area (Å²) in [6.07, 6.45) is 3.37. The molecule has 1 atom stereocenters. The number of hydrogen-bond donors (Lipinski definition) is 0. The summed E-state index contributed by atoms with van der Waals surface area (Å²) in [7, 11) is 0. The van der Waals surface area contributed by atoms with E-state index in [0.29, 0.717) is 47.7 Å². The largest absolute Gasteiger partial charge is 0.377 e. The molecule has 2 aromatic carbocycles. The third-order valence-corrected chi connectivity index (χ3v) is 5.04. The van der Waals surface area contributed by atoms with Gasteiger partial charge < -0.3 is 9.64 Å². The van der Waals surface area contributed by atoms with E-state index in [0.717, 1.165) is 5.57 Å². The Hall–Kier alpha value is -3.05. The first-order valence-corrected chi connectivity index (χ1v) is 10.1. The van der Waals surface area contributed by atoms with Gasteiger partial charge in [0.1, 0.15) is 5.82 Å². The zero-order valence-electron chi connectivity index (χ0n) is 17.7. The first kappa shape index (κ1) is 21.7. The van der Waals surface area contributed by atoms with Crippen LogP contribution in [0.4, 0.5) is 4.39 Å². The average molecular weight is 407 g/mol. The molecule has 3 rings (SSSR count). The molecule has 1 aliphatic heterocycles. The number of rotatable bonds is 5. The number of hydrogen-bond acceptors (Lipinski definition) is 3. The highest BCUT2D eigenvalue weighted by atomic mass is 19.1. The Bertz CT molecular complexity index is 1010. The summed E-state index contributed by atoms with van der Waals surface area (Å²) in [5, 5.41) is 0. The fraction of sp³-hybridized carbons (Fsp3) is 0.280. The maximum atomic E-state index is 15.0. The Balaban J connectivity index is 1.96. The van der Waals surface area contributed by atoms with Crippen molar-refractivity contribution in [3.63, 3.8) is 0 Å². The highest BCUT2D eigenvalue weighted by Gasteiger charge is 2.26. The predicted octanol–water partition coefficient (Wildman–Crippen LogP) is 5.36. The number of amides is 1. The van der Waals surface area contributed by atoms with Crippen molar-refractivity contribution in [1.29, 1.82) is 0 Å². The Morgan fingerprint density at radius 1 is 1.27 bits per heavy atom. The predicted molar refractivity (Wildman–Crippen MR) is 120 cm³/mol. The zero-order valence-corrected chi connectivity index (χ0v) is 17.7. The van der Waals surface area contributed by atoms with Crippen LogP contribution in [-0.2, 0) is 4.74 Å². The summed E-state index contributed by atoms with van der Waals surface area (Å²) in [5.41, 5.74) is 3.65. The molecule has 1 aliphatic rings. The van der Waals surface area contributed by atoms with Crippen molar-refractivity contribution in [2.24, 2.45) is 4.99 Å². The van der Waals surface area contributed by atoms with E-state index in [1.165, 1.54) is 6.07 Å². The van der Waals surface area contributed by atoms with Gasteiger partial charge in [-0.3, -0.25) is 9.79 Å². The van der Waals surface area contributed by atoms with E-state index in [9.17, 15) is 9.18 Å². The van der Waals surface area contributed by atoms with Crippen molar-refractivity contribution < 1.29 is 13.9 Å². The van der Waals surface area contributed by atoms with Gasteiger partial charge in [-0.05, 0) is 55.7 Å². The number of aliphatic imine (C=N–C) groups is 1.